The Balaban J connectivity index is 1.43. The van der Waals surface area contributed by atoms with Gasteiger partial charge in [0, 0.05) is 26.1 Å². The summed E-state index contributed by atoms with van der Waals surface area (Å²) in [6.07, 6.45) is 4.71. The average Bonchev–Trinajstić information content (AvgIpc) is 3.69. The molecule has 0 bridgehead atoms. The third-order valence-electron chi connectivity index (χ3n) is 6.22. The van der Waals surface area contributed by atoms with Crippen molar-refractivity contribution in [3.05, 3.63) is 76.9 Å². The molecular formula is C25H28F2N4O2S. The standard InChI is InChI=1S/C25H28F2N4O2S/c26-21-5-1-18(2-6-21)25(19-3-7-22(27)8-4-19)20-11-14-31(15-12-20)16-13-23(30-28)17-29-34(32,33)24-9-10-24/h1-8,17,24H,9-16,28H2/b29-17+,30-23-. The Kier molecular flexibility index (Phi) is 7.53. The normalized spacial score (nSPS) is 17.9. The van der Waals surface area contributed by atoms with Crippen LogP contribution < -0.4 is 5.84 Å². The summed E-state index contributed by atoms with van der Waals surface area (Å²) >= 11 is 0. The zero-order valence-corrected chi connectivity index (χ0v) is 19.6. The average molecular weight is 487 g/mol. The fraction of sp³-hybridized carbons (Fsp3) is 0.360. The lowest BCUT2D eigenvalue weighted by molar-refractivity contribution is 0.264. The zero-order valence-electron chi connectivity index (χ0n) is 18.8. The lowest BCUT2D eigenvalue weighted by Crippen LogP contribution is -2.33. The molecule has 0 atom stereocenters. The van der Waals surface area contributed by atoms with E-state index >= 15 is 0 Å². The molecule has 2 aromatic rings. The van der Waals surface area contributed by atoms with Gasteiger partial charge in [0.1, 0.15) is 11.6 Å². The summed E-state index contributed by atoms with van der Waals surface area (Å²) in [5, 5.41) is 3.34. The molecule has 1 aliphatic carbocycles. The SMILES string of the molecule is N/N=C(\C=N\S(=O)(=O)C1CC1)CCN1CCC(=C(c2ccc(F)cc2)c2ccc(F)cc2)CC1. The summed E-state index contributed by atoms with van der Waals surface area (Å²) in [5.41, 5.74) is 4.51. The van der Waals surface area contributed by atoms with Crippen molar-refractivity contribution in [3.8, 4) is 0 Å². The molecule has 1 heterocycles. The number of benzene rings is 2. The van der Waals surface area contributed by atoms with E-state index in [0.29, 0.717) is 31.5 Å². The number of nitrogens with zero attached hydrogens (tertiary/aromatic N) is 3. The van der Waals surface area contributed by atoms with Crippen molar-refractivity contribution in [3.63, 3.8) is 0 Å². The van der Waals surface area contributed by atoms with Crippen molar-refractivity contribution in [1.82, 2.24) is 4.90 Å². The highest BCUT2D eigenvalue weighted by molar-refractivity contribution is 7.91. The molecule has 1 saturated carbocycles. The number of nitrogens with two attached hydrogens (primary N) is 1. The molecule has 2 aromatic carbocycles. The van der Waals surface area contributed by atoms with Crippen LogP contribution in [0.2, 0.25) is 0 Å². The van der Waals surface area contributed by atoms with Gasteiger partial charge in [0.05, 0.1) is 17.2 Å². The zero-order chi connectivity index (χ0) is 24.1. The second-order valence-electron chi connectivity index (χ2n) is 8.65. The first-order chi connectivity index (χ1) is 16.4. The third-order valence-corrected chi connectivity index (χ3v) is 7.94. The number of hydrazone groups is 1. The van der Waals surface area contributed by atoms with Crippen LogP contribution in [0.25, 0.3) is 5.57 Å². The van der Waals surface area contributed by atoms with Crippen molar-refractivity contribution in [2.45, 2.75) is 37.4 Å². The van der Waals surface area contributed by atoms with Gasteiger partial charge in [-0.15, -0.1) is 0 Å². The van der Waals surface area contributed by atoms with Gasteiger partial charge in [-0.05, 0) is 66.6 Å². The molecule has 9 heteroatoms. The summed E-state index contributed by atoms with van der Waals surface area (Å²) in [6.45, 7) is 2.29. The van der Waals surface area contributed by atoms with Gasteiger partial charge in [-0.2, -0.15) is 9.50 Å². The van der Waals surface area contributed by atoms with Crippen LogP contribution in [0, 0.1) is 11.6 Å². The number of hydrogen-bond acceptors (Lipinski definition) is 5. The summed E-state index contributed by atoms with van der Waals surface area (Å²) < 4.78 is 54.6. The molecule has 2 fully saturated rings. The highest BCUT2D eigenvalue weighted by atomic mass is 32.2. The molecule has 6 nitrogen and oxygen atoms in total. The van der Waals surface area contributed by atoms with E-state index in [-0.39, 0.29) is 16.9 Å². The number of piperidine rings is 1. The molecular weight excluding hydrogens is 458 g/mol. The number of halogens is 2. The largest absolute Gasteiger partial charge is 0.323 e. The van der Waals surface area contributed by atoms with Crippen molar-refractivity contribution < 1.29 is 17.2 Å². The van der Waals surface area contributed by atoms with E-state index < -0.39 is 10.0 Å². The Hall–Kier alpha value is -2.91. The fourth-order valence-corrected chi connectivity index (χ4v) is 5.30. The van der Waals surface area contributed by atoms with E-state index in [0.717, 1.165) is 42.6 Å². The molecule has 1 saturated heterocycles. The summed E-state index contributed by atoms with van der Waals surface area (Å²) in [7, 11) is -3.44. The minimum atomic E-state index is -3.44. The molecule has 2 N–H and O–H groups in total. The smallest absolute Gasteiger partial charge is 0.256 e. The third kappa shape index (κ3) is 6.15. The first kappa shape index (κ1) is 24.2. The highest BCUT2D eigenvalue weighted by Crippen LogP contribution is 2.33. The Morgan fingerprint density at radius 2 is 1.50 bits per heavy atom. The van der Waals surface area contributed by atoms with E-state index in [4.69, 9.17) is 5.84 Å². The van der Waals surface area contributed by atoms with Gasteiger partial charge in [-0.3, -0.25) is 0 Å². The van der Waals surface area contributed by atoms with E-state index in [2.05, 4.69) is 14.4 Å². The molecule has 180 valence electrons. The molecule has 1 aliphatic heterocycles. The number of sulfonamides is 1. The van der Waals surface area contributed by atoms with E-state index in [9.17, 15) is 17.2 Å². The molecule has 2 aliphatic rings. The van der Waals surface area contributed by atoms with Gasteiger partial charge in [-0.25, -0.2) is 17.2 Å². The maximum atomic E-state index is 13.5. The van der Waals surface area contributed by atoms with E-state index in [1.54, 1.807) is 24.3 Å². The molecule has 34 heavy (non-hydrogen) atoms. The number of hydrogen-bond donors (Lipinski definition) is 1. The first-order valence-electron chi connectivity index (χ1n) is 11.4. The van der Waals surface area contributed by atoms with Gasteiger partial charge in [-0.1, -0.05) is 29.8 Å². The van der Waals surface area contributed by atoms with Crippen LogP contribution in [0.4, 0.5) is 8.78 Å². The Morgan fingerprint density at radius 3 is 1.97 bits per heavy atom. The molecule has 0 spiro atoms. The Bertz CT molecular complexity index is 1140. The Labute approximate surface area is 198 Å². The quantitative estimate of drug-likeness (QED) is 0.345. The highest BCUT2D eigenvalue weighted by Gasteiger charge is 2.35. The van der Waals surface area contributed by atoms with Crippen LogP contribution in [0.1, 0.15) is 43.2 Å². The first-order valence-corrected chi connectivity index (χ1v) is 12.9. The predicted octanol–water partition coefficient (Wildman–Crippen LogP) is 4.13. The lowest BCUT2D eigenvalue weighted by atomic mass is 9.88. The second-order valence-corrected chi connectivity index (χ2v) is 10.6. The maximum Gasteiger partial charge on any atom is 0.256 e. The van der Waals surface area contributed by atoms with Crippen molar-refractivity contribution in [2.24, 2.45) is 15.3 Å². The van der Waals surface area contributed by atoms with Crippen LogP contribution in [-0.2, 0) is 10.0 Å². The predicted molar refractivity (Wildman–Crippen MR) is 131 cm³/mol. The summed E-state index contributed by atoms with van der Waals surface area (Å²) in [4.78, 5) is 2.27. The van der Waals surface area contributed by atoms with E-state index in [1.165, 1.54) is 36.1 Å². The minimum Gasteiger partial charge on any atom is -0.323 e. The maximum absolute atomic E-state index is 13.5. The van der Waals surface area contributed by atoms with E-state index in [1.807, 2.05) is 0 Å². The van der Waals surface area contributed by atoms with Crippen LogP contribution in [-0.4, -0.2) is 50.1 Å². The summed E-state index contributed by atoms with van der Waals surface area (Å²) in [6, 6.07) is 12.8. The molecule has 0 radical (unpaired) electrons. The topological polar surface area (TPSA) is 88.1 Å². The monoisotopic (exact) mass is 486 g/mol. The van der Waals surface area contributed by atoms with Gasteiger partial charge < -0.3 is 10.7 Å². The van der Waals surface area contributed by atoms with Gasteiger partial charge in [0.2, 0.25) is 0 Å². The second kappa shape index (κ2) is 10.6. The molecule has 0 amide bonds. The van der Waals surface area contributed by atoms with Gasteiger partial charge >= 0.3 is 0 Å². The van der Waals surface area contributed by atoms with Gasteiger partial charge in [0.25, 0.3) is 10.0 Å². The van der Waals surface area contributed by atoms with Crippen LogP contribution in [0.15, 0.2) is 63.6 Å². The van der Waals surface area contributed by atoms with Crippen molar-refractivity contribution >= 4 is 27.5 Å². The van der Waals surface area contributed by atoms with Crippen molar-refractivity contribution in [2.75, 3.05) is 19.6 Å². The van der Waals surface area contributed by atoms with Crippen LogP contribution in [0.5, 0.6) is 0 Å². The molecule has 0 unspecified atom stereocenters. The minimum absolute atomic E-state index is 0.298. The van der Waals surface area contributed by atoms with Gasteiger partial charge in [0.15, 0.2) is 0 Å². The van der Waals surface area contributed by atoms with Crippen molar-refractivity contribution in [1.29, 1.82) is 0 Å². The van der Waals surface area contributed by atoms with Crippen LogP contribution in [0.3, 0.4) is 0 Å². The molecule has 0 aromatic heterocycles. The number of likely N-dealkylation sites (tertiary alicyclic amines) is 1. The fourth-order valence-electron chi connectivity index (χ4n) is 4.13. The lowest BCUT2D eigenvalue weighted by Gasteiger charge is -2.30. The van der Waals surface area contributed by atoms with Crippen LogP contribution >= 0.6 is 0 Å². The Morgan fingerprint density at radius 1 is 0.971 bits per heavy atom. The number of rotatable bonds is 8. The molecule has 4 rings (SSSR count). The summed E-state index contributed by atoms with van der Waals surface area (Å²) in [5.74, 6) is 4.85.